The molecule has 1 atom stereocenters. The first-order valence-corrected chi connectivity index (χ1v) is 5.41. The molecule has 16 heavy (non-hydrogen) atoms. The van der Waals surface area contributed by atoms with E-state index in [9.17, 15) is 4.79 Å². The molecule has 3 heteroatoms. The van der Waals surface area contributed by atoms with Crippen LogP contribution in [0.15, 0.2) is 36.0 Å². The molecule has 3 nitrogen and oxygen atoms in total. The molecule has 0 aliphatic carbocycles. The molecule has 0 saturated heterocycles. The Labute approximate surface area is 95.8 Å². The second-order valence-corrected chi connectivity index (χ2v) is 4.09. The summed E-state index contributed by atoms with van der Waals surface area (Å²) in [5.74, 6) is 0.00861. The number of benzene rings is 1. The van der Waals surface area contributed by atoms with E-state index < -0.39 is 0 Å². The van der Waals surface area contributed by atoms with E-state index in [-0.39, 0.29) is 12.1 Å². The van der Waals surface area contributed by atoms with Crippen LogP contribution in [0, 0.1) is 0 Å². The fourth-order valence-corrected chi connectivity index (χ4v) is 1.93. The van der Waals surface area contributed by atoms with Crippen molar-refractivity contribution >= 4 is 11.5 Å². The average molecular weight is 216 g/mol. The number of hydrogen-bond acceptors (Lipinski definition) is 2. The monoisotopic (exact) mass is 216 g/mol. The van der Waals surface area contributed by atoms with Crippen molar-refractivity contribution in [1.82, 2.24) is 10.2 Å². The summed E-state index contributed by atoms with van der Waals surface area (Å²) in [7, 11) is 1.99. The van der Waals surface area contributed by atoms with Crippen LogP contribution in [0.4, 0.5) is 0 Å². The topological polar surface area (TPSA) is 32.3 Å². The van der Waals surface area contributed by atoms with Crippen LogP contribution in [0.5, 0.6) is 0 Å². The lowest BCUT2D eigenvalue weighted by atomic mass is 10.0. The molecule has 1 unspecified atom stereocenters. The van der Waals surface area contributed by atoms with Gasteiger partial charge in [-0.1, -0.05) is 30.3 Å². The van der Waals surface area contributed by atoms with Gasteiger partial charge in [-0.15, -0.1) is 0 Å². The van der Waals surface area contributed by atoms with E-state index in [1.165, 1.54) is 0 Å². The first kappa shape index (κ1) is 10.7. The summed E-state index contributed by atoms with van der Waals surface area (Å²) < 4.78 is 0. The van der Waals surface area contributed by atoms with E-state index in [1.807, 2.05) is 51.2 Å². The number of carbonyl (C=O) groups is 1. The van der Waals surface area contributed by atoms with E-state index in [0.717, 1.165) is 16.8 Å². The molecule has 1 aliphatic heterocycles. The van der Waals surface area contributed by atoms with Crippen LogP contribution in [0.2, 0.25) is 0 Å². The molecular formula is C13H16N2O. The normalized spacial score (nSPS) is 21.1. The Morgan fingerprint density at radius 1 is 1.25 bits per heavy atom. The third-order valence-electron chi connectivity index (χ3n) is 3.10. The van der Waals surface area contributed by atoms with Crippen LogP contribution < -0.4 is 5.32 Å². The fourth-order valence-electron chi connectivity index (χ4n) is 1.93. The summed E-state index contributed by atoms with van der Waals surface area (Å²) in [6.07, 6.45) is 0.0555. The molecular weight excluding hydrogens is 200 g/mol. The van der Waals surface area contributed by atoms with E-state index in [2.05, 4.69) is 10.2 Å². The Bertz CT molecular complexity index is 437. The van der Waals surface area contributed by atoms with E-state index in [4.69, 9.17) is 0 Å². The summed E-state index contributed by atoms with van der Waals surface area (Å²) in [5, 5.41) is 2.94. The van der Waals surface area contributed by atoms with Crippen LogP contribution in [-0.2, 0) is 4.79 Å². The van der Waals surface area contributed by atoms with Gasteiger partial charge >= 0.3 is 0 Å². The molecule has 1 aromatic carbocycles. The molecule has 1 amide bonds. The number of nitrogens with one attached hydrogen (secondary N) is 1. The van der Waals surface area contributed by atoms with Crippen molar-refractivity contribution in [2.24, 2.45) is 0 Å². The van der Waals surface area contributed by atoms with Gasteiger partial charge < -0.3 is 10.2 Å². The van der Waals surface area contributed by atoms with Gasteiger partial charge in [0.15, 0.2) is 0 Å². The third-order valence-corrected chi connectivity index (χ3v) is 3.10. The van der Waals surface area contributed by atoms with Gasteiger partial charge in [-0.05, 0) is 19.4 Å². The number of rotatable bonds is 1. The third kappa shape index (κ3) is 1.69. The zero-order valence-electron chi connectivity index (χ0n) is 9.82. The van der Waals surface area contributed by atoms with Crippen molar-refractivity contribution < 1.29 is 4.79 Å². The Balaban J connectivity index is 2.50. The SMILES string of the molecule is CC1=C(c2ccccc2)C(=O)NC(C)N1C. The van der Waals surface area contributed by atoms with Gasteiger partial charge in [0.2, 0.25) is 0 Å². The molecule has 2 rings (SSSR count). The maximum Gasteiger partial charge on any atom is 0.255 e. The predicted molar refractivity (Wildman–Crippen MR) is 64.4 cm³/mol. The molecule has 0 spiro atoms. The van der Waals surface area contributed by atoms with Crippen LogP contribution in [0.25, 0.3) is 5.57 Å². The number of hydrogen-bond donors (Lipinski definition) is 1. The van der Waals surface area contributed by atoms with Gasteiger partial charge in [-0.25, -0.2) is 0 Å². The second kappa shape index (κ2) is 4.00. The van der Waals surface area contributed by atoms with Crippen LogP contribution in [0.3, 0.4) is 0 Å². The molecule has 0 bridgehead atoms. The van der Waals surface area contributed by atoms with E-state index >= 15 is 0 Å². The van der Waals surface area contributed by atoms with Gasteiger partial charge in [-0.3, -0.25) is 4.79 Å². The number of allylic oxidation sites excluding steroid dienone is 1. The second-order valence-electron chi connectivity index (χ2n) is 4.09. The van der Waals surface area contributed by atoms with Gasteiger partial charge in [0.25, 0.3) is 5.91 Å². The molecule has 84 valence electrons. The number of amides is 1. The van der Waals surface area contributed by atoms with Crippen LogP contribution in [0.1, 0.15) is 19.4 Å². The highest BCUT2D eigenvalue weighted by Gasteiger charge is 2.26. The Morgan fingerprint density at radius 2 is 1.88 bits per heavy atom. The summed E-state index contributed by atoms with van der Waals surface area (Å²) in [5.41, 5.74) is 2.75. The lowest BCUT2D eigenvalue weighted by molar-refractivity contribution is -0.117. The van der Waals surface area contributed by atoms with Crippen molar-refractivity contribution in [1.29, 1.82) is 0 Å². The van der Waals surface area contributed by atoms with Crippen molar-refractivity contribution in [3.8, 4) is 0 Å². The molecule has 1 aliphatic rings. The minimum absolute atomic E-state index is 0.00861. The highest BCUT2D eigenvalue weighted by Crippen LogP contribution is 2.24. The molecule has 0 radical (unpaired) electrons. The van der Waals surface area contributed by atoms with Gasteiger partial charge in [0.05, 0.1) is 11.7 Å². The van der Waals surface area contributed by atoms with Gasteiger partial charge in [0, 0.05) is 12.7 Å². The summed E-state index contributed by atoms with van der Waals surface area (Å²) >= 11 is 0. The molecule has 1 aromatic rings. The Kier molecular flexibility index (Phi) is 2.69. The zero-order valence-corrected chi connectivity index (χ0v) is 9.82. The van der Waals surface area contributed by atoms with Gasteiger partial charge in [-0.2, -0.15) is 0 Å². The Hall–Kier alpha value is -1.77. The minimum atomic E-state index is 0.00861. The van der Waals surface area contributed by atoms with Crippen molar-refractivity contribution in [3.05, 3.63) is 41.6 Å². The number of carbonyl (C=O) groups excluding carboxylic acids is 1. The van der Waals surface area contributed by atoms with Crippen molar-refractivity contribution in [3.63, 3.8) is 0 Å². The molecule has 1 heterocycles. The summed E-state index contributed by atoms with van der Waals surface area (Å²) in [6, 6.07) is 9.76. The smallest absolute Gasteiger partial charge is 0.255 e. The van der Waals surface area contributed by atoms with E-state index in [1.54, 1.807) is 0 Å². The maximum atomic E-state index is 12.0. The fraction of sp³-hybridized carbons (Fsp3) is 0.308. The first-order chi connectivity index (χ1) is 7.61. The predicted octanol–water partition coefficient (Wildman–Crippen LogP) is 1.83. The van der Waals surface area contributed by atoms with Crippen molar-refractivity contribution in [2.75, 3.05) is 7.05 Å². The molecule has 1 N–H and O–H groups in total. The lowest BCUT2D eigenvalue weighted by Crippen LogP contribution is -2.48. The zero-order chi connectivity index (χ0) is 11.7. The molecule has 0 fully saturated rings. The standard InChI is InChI=1S/C13H16N2O/c1-9-12(11-7-5-4-6-8-11)13(16)14-10(2)15(9)3/h4-8,10H,1-3H3,(H,14,16). The summed E-state index contributed by atoms with van der Waals surface area (Å²) in [6.45, 7) is 3.96. The van der Waals surface area contributed by atoms with Gasteiger partial charge in [0.1, 0.15) is 0 Å². The molecule has 0 aromatic heterocycles. The van der Waals surface area contributed by atoms with Crippen molar-refractivity contribution in [2.45, 2.75) is 20.0 Å². The van der Waals surface area contributed by atoms with E-state index in [0.29, 0.717) is 0 Å². The van der Waals surface area contributed by atoms with Crippen LogP contribution >= 0.6 is 0 Å². The van der Waals surface area contributed by atoms with Crippen LogP contribution in [-0.4, -0.2) is 24.0 Å². The maximum absolute atomic E-state index is 12.0. The lowest BCUT2D eigenvalue weighted by Gasteiger charge is -2.34. The summed E-state index contributed by atoms with van der Waals surface area (Å²) in [4.78, 5) is 14.0. The minimum Gasteiger partial charge on any atom is -0.358 e. The first-order valence-electron chi connectivity index (χ1n) is 5.41. The Morgan fingerprint density at radius 3 is 2.50 bits per heavy atom. The highest BCUT2D eigenvalue weighted by molar-refractivity contribution is 6.20. The molecule has 0 saturated carbocycles. The highest BCUT2D eigenvalue weighted by atomic mass is 16.2. The quantitative estimate of drug-likeness (QED) is 0.776. The number of nitrogens with zero attached hydrogens (tertiary/aromatic N) is 1. The average Bonchev–Trinajstić information content (AvgIpc) is 2.28. The largest absolute Gasteiger partial charge is 0.358 e.